The lowest BCUT2D eigenvalue weighted by Gasteiger charge is -2.39. The molecule has 0 bridgehead atoms. The highest BCUT2D eigenvalue weighted by Crippen LogP contribution is 2.27. The molecule has 2 heterocycles. The van der Waals surface area contributed by atoms with E-state index in [4.69, 9.17) is 18.9 Å². The van der Waals surface area contributed by atoms with E-state index in [0.29, 0.717) is 0 Å². The average Bonchev–Trinajstić information content (AvgIpc) is 2.72. The van der Waals surface area contributed by atoms with Crippen molar-refractivity contribution < 1.29 is 54.7 Å². The van der Waals surface area contributed by atoms with Gasteiger partial charge in [-0.05, 0) is 24.3 Å². The van der Waals surface area contributed by atoms with Crippen LogP contribution in [0.15, 0.2) is 24.3 Å². The van der Waals surface area contributed by atoms with E-state index in [1.165, 1.54) is 24.3 Å². The van der Waals surface area contributed by atoms with E-state index >= 15 is 0 Å². The van der Waals surface area contributed by atoms with Gasteiger partial charge in [-0.25, -0.2) is 0 Å². The molecule has 11 nitrogen and oxygen atoms in total. The second kappa shape index (κ2) is 9.51. The van der Waals surface area contributed by atoms with Crippen molar-refractivity contribution >= 4 is 0 Å². The zero-order chi connectivity index (χ0) is 21.1. The van der Waals surface area contributed by atoms with Crippen LogP contribution in [0.4, 0.5) is 0 Å². The van der Waals surface area contributed by atoms with Crippen molar-refractivity contribution in [2.45, 2.75) is 61.7 Å². The van der Waals surface area contributed by atoms with E-state index in [0.717, 1.165) is 0 Å². The summed E-state index contributed by atoms with van der Waals surface area (Å²) in [5.74, 6) is 0.515. The number of aliphatic hydroxyl groups excluding tert-OH is 7. The van der Waals surface area contributed by atoms with Gasteiger partial charge in [0.2, 0.25) is 12.6 Å². The highest BCUT2D eigenvalue weighted by molar-refractivity contribution is 5.31. The lowest BCUT2D eigenvalue weighted by Crippen LogP contribution is -2.60. The monoisotopic (exact) mass is 418 g/mol. The molecule has 9 unspecified atom stereocenters. The Morgan fingerprint density at radius 1 is 0.724 bits per heavy atom. The molecular formula is C18H26O11. The maximum absolute atomic E-state index is 10.0. The van der Waals surface area contributed by atoms with Crippen molar-refractivity contribution in [1.29, 1.82) is 0 Å². The van der Waals surface area contributed by atoms with E-state index in [-0.39, 0.29) is 24.5 Å². The maximum Gasteiger partial charge on any atom is 0.229 e. The van der Waals surface area contributed by atoms with Crippen LogP contribution in [-0.2, 0) is 9.47 Å². The molecule has 0 saturated carbocycles. The molecule has 0 amide bonds. The fourth-order valence-electron chi connectivity index (χ4n) is 3.16. The maximum atomic E-state index is 10.0. The summed E-state index contributed by atoms with van der Waals surface area (Å²) in [4.78, 5) is 0. The summed E-state index contributed by atoms with van der Waals surface area (Å²) < 4.78 is 21.6. The van der Waals surface area contributed by atoms with Gasteiger partial charge in [-0.15, -0.1) is 0 Å². The van der Waals surface area contributed by atoms with Crippen LogP contribution in [0.5, 0.6) is 11.5 Å². The van der Waals surface area contributed by atoms with Gasteiger partial charge in [0.05, 0.1) is 25.4 Å². The van der Waals surface area contributed by atoms with Gasteiger partial charge < -0.3 is 54.7 Å². The third kappa shape index (κ3) is 4.97. The van der Waals surface area contributed by atoms with Gasteiger partial charge in [-0.2, -0.15) is 0 Å². The fourth-order valence-corrected chi connectivity index (χ4v) is 3.16. The molecule has 2 aliphatic heterocycles. The Morgan fingerprint density at radius 3 is 1.79 bits per heavy atom. The Bertz CT molecular complexity index is 639. The highest BCUT2D eigenvalue weighted by atomic mass is 16.7. The van der Waals surface area contributed by atoms with Gasteiger partial charge in [0, 0.05) is 6.42 Å². The summed E-state index contributed by atoms with van der Waals surface area (Å²) >= 11 is 0. The van der Waals surface area contributed by atoms with E-state index in [1.54, 1.807) is 0 Å². The van der Waals surface area contributed by atoms with Gasteiger partial charge in [0.1, 0.15) is 42.0 Å². The third-order valence-electron chi connectivity index (χ3n) is 4.88. The predicted molar refractivity (Wildman–Crippen MR) is 93.8 cm³/mol. The first kappa shape index (κ1) is 22.2. The molecule has 9 atom stereocenters. The van der Waals surface area contributed by atoms with Crippen LogP contribution >= 0.6 is 0 Å². The number of benzene rings is 1. The number of hydrogen-bond donors (Lipinski definition) is 7. The quantitative estimate of drug-likeness (QED) is 0.251. The number of hydrogen-bond acceptors (Lipinski definition) is 11. The van der Waals surface area contributed by atoms with Gasteiger partial charge in [0.15, 0.2) is 0 Å². The van der Waals surface area contributed by atoms with Crippen molar-refractivity contribution in [3.05, 3.63) is 24.3 Å². The zero-order valence-electron chi connectivity index (χ0n) is 15.4. The van der Waals surface area contributed by atoms with Crippen molar-refractivity contribution in [3.63, 3.8) is 0 Å². The lowest BCUT2D eigenvalue weighted by atomic mass is 9.99. The minimum absolute atomic E-state index is 0.0867. The summed E-state index contributed by atoms with van der Waals surface area (Å²) in [5, 5.41) is 67.8. The molecule has 0 spiro atoms. The van der Waals surface area contributed by atoms with Crippen LogP contribution < -0.4 is 9.47 Å². The molecule has 11 heteroatoms. The van der Waals surface area contributed by atoms with Crippen LogP contribution in [0.2, 0.25) is 0 Å². The molecule has 2 aliphatic rings. The molecule has 0 radical (unpaired) electrons. The Hall–Kier alpha value is -1.54. The Morgan fingerprint density at radius 2 is 1.28 bits per heavy atom. The Kier molecular flexibility index (Phi) is 7.27. The lowest BCUT2D eigenvalue weighted by molar-refractivity contribution is -0.277. The second-order valence-electron chi connectivity index (χ2n) is 7.01. The largest absolute Gasteiger partial charge is 0.462 e. The van der Waals surface area contributed by atoms with Gasteiger partial charge in [-0.3, -0.25) is 0 Å². The molecule has 0 aromatic heterocycles. The molecule has 1 aromatic rings. The van der Waals surface area contributed by atoms with Gasteiger partial charge in [-0.1, -0.05) is 0 Å². The first-order chi connectivity index (χ1) is 13.8. The smallest absolute Gasteiger partial charge is 0.229 e. The Balaban J connectivity index is 1.61. The second-order valence-corrected chi connectivity index (χ2v) is 7.01. The number of ether oxygens (including phenoxy) is 4. The van der Waals surface area contributed by atoms with E-state index in [2.05, 4.69) is 0 Å². The van der Waals surface area contributed by atoms with Crippen LogP contribution in [0, 0.1) is 0 Å². The molecule has 164 valence electrons. The van der Waals surface area contributed by atoms with Crippen molar-refractivity contribution in [2.24, 2.45) is 0 Å². The van der Waals surface area contributed by atoms with E-state index in [9.17, 15) is 35.7 Å². The normalized spacial score (nSPS) is 40.4. The number of rotatable bonds is 6. The summed E-state index contributed by atoms with van der Waals surface area (Å²) in [7, 11) is 0. The highest BCUT2D eigenvalue weighted by Gasteiger charge is 2.44. The average molecular weight is 418 g/mol. The molecule has 2 fully saturated rings. The third-order valence-corrected chi connectivity index (χ3v) is 4.88. The topological polar surface area (TPSA) is 179 Å². The predicted octanol–water partition coefficient (Wildman–Crippen LogP) is -2.93. The van der Waals surface area contributed by atoms with Crippen molar-refractivity contribution in [3.8, 4) is 11.5 Å². The van der Waals surface area contributed by atoms with E-state index < -0.39 is 61.9 Å². The first-order valence-electron chi connectivity index (χ1n) is 9.20. The minimum Gasteiger partial charge on any atom is -0.462 e. The van der Waals surface area contributed by atoms with Crippen LogP contribution in [0.1, 0.15) is 6.42 Å². The molecule has 0 aliphatic carbocycles. The van der Waals surface area contributed by atoms with Crippen LogP contribution in [0.25, 0.3) is 0 Å². The van der Waals surface area contributed by atoms with Crippen molar-refractivity contribution in [1.82, 2.24) is 0 Å². The minimum atomic E-state index is -1.55. The summed E-state index contributed by atoms with van der Waals surface area (Å²) in [6.45, 7) is -0.891. The molecular weight excluding hydrogens is 392 g/mol. The molecule has 2 saturated heterocycles. The molecule has 29 heavy (non-hydrogen) atoms. The molecule has 7 N–H and O–H groups in total. The van der Waals surface area contributed by atoms with Crippen LogP contribution in [-0.4, -0.2) is 104 Å². The van der Waals surface area contributed by atoms with Crippen molar-refractivity contribution in [2.75, 3.05) is 13.2 Å². The summed E-state index contributed by atoms with van der Waals surface area (Å²) in [6, 6.07) is 5.88. The summed E-state index contributed by atoms with van der Waals surface area (Å²) in [6.07, 6.45) is -11.1. The van der Waals surface area contributed by atoms with E-state index in [1.807, 2.05) is 0 Å². The zero-order valence-corrected chi connectivity index (χ0v) is 15.4. The van der Waals surface area contributed by atoms with Crippen LogP contribution in [0.3, 0.4) is 0 Å². The van der Waals surface area contributed by atoms with Gasteiger partial charge >= 0.3 is 0 Å². The first-order valence-corrected chi connectivity index (χ1v) is 9.20. The number of aliphatic hydroxyl groups is 7. The fraction of sp³-hybridized carbons (Fsp3) is 0.667. The Labute approximate surface area is 166 Å². The SMILES string of the molecule is OCC1CC(O)C(O)C(Oc2ccc(OC3OC(CO)C(O)C(O)C3O)cc2)O1. The molecule has 1 aromatic carbocycles. The van der Waals surface area contributed by atoms with Gasteiger partial charge in [0.25, 0.3) is 0 Å². The summed E-state index contributed by atoms with van der Waals surface area (Å²) in [5.41, 5.74) is 0. The molecule has 3 rings (SSSR count). The standard InChI is InChI=1S/C18H26O11/c19-6-10-5-11(21)13(22)17(28-10)26-8-1-3-9(4-2-8)27-18-16(25)15(24)14(23)12(7-20)29-18/h1-4,10-25H,5-7H2.